The third-order valence-electron chi connectivity index (χ3n) is 5.92. The maximum atomic E-state index is 6.62. The van der Waals surface area contributed by atoms with E-state index in [9.17, 15) is 0 Å². The van der Waals surface area contributed by atoms with Crippen LogP contribution in [0, 0.1) is 32.1 Å². The van der Waals surface area contributed by atoms with Crippen LogP contribution < -0.4 is 9.64 Å². The number of halogens is 2. The molecule has 0 bridgehead atoms. The van der Waals surface area contributed by atoms with Crippen LogP contribution in [0.3, 0.4) is 0 Å². The number of benzene rings is 2. The molecule has 0 radical (unpaired) electrons. The van der Waals surface area contributed by atoms with Gasteiger partial charge in [-0.15, -0.1) is 17.8 Å². The van der Waals surface area contributed by atoms with Crippen molar-refractivity contribution in [1.82, 2.24) is 4.98 Å². The molecule has 0 aliphatic heterocycles. The maximum absolute atomic E-state index is 6.62. The Morgan fingerprint density at radius 1 is 1.28 bits per heavy atom. The first-order valence-corrected chi connectivity index (χ1v) is 12.7. The molecule has 166 valence electrons. The van der Waals surface area contributed by atoms with E-state index in [1.807, 2.05) is 13.0 Å². The van der Waals surface area contributed by atoms with Gasteiger partial charge in [-0.1, -0.05) is 58.4 Å². The molecule has 0 spiro atoms. The van der Waals surface area contributed by atoms with Crippen LogP contribution in [0.1, 0.15) is 41.3 Å². The van der Waals surface area contributed by atoms with Gasteiger partial charge in [0.15, 0.2) is 5.13 Å². The van der Waals surface area contributed by atoms with Gasteiger partial charge in [0.25, 0.3) is 0 Å². The summed E-state index contributed by atoms with van der Waals surface area (Å²) in [5.41, 5.74) is 4.13. The van der Waals surface area contributed by atoms with Crippen molar-refractivity contribution >= 4 is 44.0 Å². The molecule has 1 aromatic heterocycles. The topological polar surface area (TPSA) is 25.4 Å². The fourth-order valence-corrected chi connectivity index (χ4v) is 5.51. The van der Waals surface area contributed by atoms with Crippen molar-refractivity contribution < 1.29 is 4.74 Å². The van der Waals surface area contributed by atoms with E-state index >= 15 is 0 Å². The average molecular weight is 530 g/mol. The summed E-state index contributed by atoms with van der Waals surface area (Å²) in [5, 5.41) is 1.58. The zero-order valence-electron chi connectivity index (χ0n) is 18.5. The summed E-state index contributed by atoms with van der Waals surface area (Å²) in [6.45, 7) is 4.62. The van der Waals surface area contributed by atoms with Crippen LogP contribution in [0.15, 0.2) is 40.9 Å². The van der Waals surface area contributed by atoms with Crippen molar-refractivity contribution in [2.24, 2.45) is 5.92 Å². The lowest BCUT2D eigenvalue weighted by Gasteiger charge is -2.30. The summed E-state index contributed by atoms with van der Waals surface area (Å²) in [5.74, 6) is 4.40. The summed E-state index contributed by atoms with van der Waals surface area (Å²) in [6, 6.07) is 12.7. The Morgan fingerprint density at radius 2 is 2.00 bits per heavy atom. The summed E-state index contributed by atoms with van der Waals surface area (Å²) in [4.78, 5) is 8.47. The first-order valence-electron chi connectivity index (χ1n) is 10.7. The molecular formula is C26H26BrClN2OS. The third-order valence-corrected chi connectivity index (χ3v) is 7.77. The number of aryl methyl sites for hydroxylation is 2. The van der Waals surface area contributed by atoms with Gasteiger partial charge in [0.05, 0.1) is 30.4 Å². The van der Waals surface area contributed by atoms with E-state index in [4.69, 9.17) is 27.7 Å². The predicted molar refractivity (Wildman–Crippen MR) is 139 cm³/mol. The van der Waals surface area contributed by atoms with Crippen molar-refractivity contribution in [1.29, 1.82) is 0 Å². The van der Waals surface area contributed by atoms with E-state index in [0.29, 0.717) is 11.6 Å². The highest BCUT2D eigenvalue weighted by Gasteiger charge is 2.31. The number of ether oxygens (including phenoxy) is 1. The Hall–Kier alpha value is -2.00. The number of terminal acetylenes is 1. The van der Waals surface area contributed by atoms with Gasteiger partial charge < -0.3 is 9.64 Å². The maximum Gasteiger partial charge on any atom is 0.187 e. The van der Waals surface area contributed by atoms with Gasteiger partial charge in [-0.2, -0.15) is 0 Å². The second kappa shape index (κ2) is 9.87. The first-order chi connectivity index (χ1) is 15.4. The fraction of sp³-hybridized carbons (Fsp3) is 0.346. The Kier molecular flexibility index (Phi) is 7.14. The normalized spacial score (nSPS) is 14.1. The highest BCUT2D eigenvalue weighted by atomic mass is 79.9. The SMILES string of the molecule is C#CCN(c1nc(-c2cc(C)c(OC)cc2Cl)c(C)s1)[C@@H](CC1CC1)c1ccc(Br)cc1. The number of aromatic nitrogens is 1. The van der Waals surface area contributed by atoms with Gasteiger partial charge in [-0.25, -0.2) is 4.98 Å². The molecule has 1 saturated carbocycles. The monoisotopic (exact) mass is 528 g/mol. The minimum atomic E-state index is 0.193. The fourth-order valence-electron chi connectivity index (χ4n) is 4.03. The highest BCUT2D eigenvalue weighted by Crippen LogP contribution is 2.44. The summed E-state index contributed by atoms with van der Waals surface area (Å²) in [6.07, 6.45) is 9.49. The van der Waals surface area contributed by atoms with Gasteiger partial charge in [0.1, 0.15) is 5.75 Å². The summed E-state index contributed by atoms with van der Waals surface area (Å²) < 4.78 is 6.49. The molecule has 0 unspecified atom stereocenters. The number of hydrogen-bond donors (Lipinski definition) is 0. The molecule has 1 heterocycles. The molecule has 2 aromatic carbocycles. The molecule has 1 fully saturated rings. The summed E-state index contributed by atoms with van der Waals surface area (Å²) >= 11 is 11.9. The van der Waals surface area contributed by atoms with E-state index < -0.39 is 0 Å². The van der Waals surface area contributed by atoms with E-state index in [-0.39, 0.29) is 6.04 Å². The number of thiazole rings is 1. The molecule has 0 N–H and O–H groups in total. The first kappa shape index (κ1) is 23.2. The van der Waals surface area contributed by atoms with Crippen molar-refractivity contribution in [2.75, 3.05) is 18.6 Å². The highest BCUT2D eigenvalue weighted by molar-refractivity contribution is 9.10. The van der Waals surface area contributed by atoms with Gasteiger partial charge in [0, 0.05) is 14.9 Å². The molecule has 3 nitrogen and oxygen atoms in total. The second-order valence-corrected chi connectivity index (χ2v) is 10.8. The minimum Gasteiger partial charge on any atom is -0.496 e. The third kappa shape index (κ3) is 4.98. The molecule has 1 atom stereocenters. The minimum absolute atomic E-state index is 0.193. The zero-order chi connectivity index (χ0) is 22.8. The molecule has 0 saturated heterocycles. The number of hydrogen-bond acceptors (Lipinski definition) is 4. The molecule has 1 aliphatic carbocycles. The molecule has 6 heteroatoms. The van der Waals surface area contributed by atoms with Crippen LogP contribution in [0.2, 0.25) is 5.02 Å². The Morgan fingerprint density at radius 3 is 2.62 bits per heavy atom. The van der Waals surface area contributed by atoms with Crippen LogP contribution >= 0.6 is 38.9 Å². The zero-order valence-corrected chi connectivity index (χ0v) is 21.6. The van der Waals surface area contributed by atoms with Gasteiger partial charge in [0.2, 0.25) is 0 Å². The lowest BCUT2D eigenvalue weighted by atomic mass is 9.99. The molecule has 1 aliphatic rings. The number of rotatable bonds is 8. The molecule has 4 rings (SSSR count). The Balaban J connectivity index is 1.75. The smallest absolute Gasteiger partial charge is 0.187 e. The molecule has 32 heavy (non-hydrogen) atoms. The van der Waals surface area contributed by atoms with Crippen molar-refractivity contribution in [3.8, 4) is 29.4 Å². The van der Waals surface area contributed by atoms with Crippen molar-refractivity contribution in [3.63, 3.8) is 0 Å². The largest absolute Gasteiger partial charge is 0.496 e. The van der Waals surface area contributed by atoms with Crippen LogP contribution in [-0.2, 0) is 0 Å². The quantitative estimate of drug-likeness (QED) is 0.278. The number of methoxy groups -OCH3 is 1. The standard InChI is InChI=1S/C26H26BrClN2OS/c1-5-12-30(23(14-18-6-7-18)19-8-10-20(27)11-9-19)26-29-25(17(3)32-26)21-13-16(2)24(31-4)15-22(21)28/h1,8-11,13,15,18,23H,6-7,12,14H2,2-4H3/t23-/m0/s1. The molecular weight excluding hydrogens is 504 g/mol. The molecule has 0 amide bonds. The van der Waals surface area contributed by atoms with Crippen molar-refractivity contribution in [3.05, 3.63) is 61.9 Å². The van der Waals surface area contributed by atoms with E-state index in [0.717, 1.165) is 49.4 Å². The van der Waals surface area contributed by atoms with E-state index in [1.165, 1.54) is 18.4 Å². The predicted octanol–water partition coefficient (Wildman–Crippen LogP) is 7.83. The Labute approximate surface area is 207 Å². The van der Waals surface area contributed by atoms with Crippen LogP contribution in [0.5, 0.6) is 5.75 Å². The second-order valence-electron chi connectivity index (χ2n) is 8.28. The number of anilines is 1. The van der Waals surface area contributed by atoms with Crippen LogP contribution in [0.25, 0.3) is 11.3 Å². The number of nitrogens with zero attached hydrogens (tertiary/aromatic N) is 2. The lowest BCUT2D eigenvalue weighted by Crippen LogP contribution is -2.29. The van der Waals surface area contributed by atoms with Gasteiger partial charge in [-0.3, -0.25) is 0 Å². The van der Waals surface area contributed by atoms with E-state index in [2.05, 4.69) is 64.0 Å². The van der Waals surface area contributed by atoms with E-state index in [1.54, 1.807) is 18.4 Å². The van der Waals surface area contributed by atoms with Crippen LogP contribution in [0.4, 0.5) is 5.13 Å². The Bertz CT molecular complexity index is 1150. The lowest BCUT2D eigenvalue weighted by molar-refractivity contribution is 0.412. The molecule has 3 aromatic rings. The average Bonchev–Trinajstić information content (AvgIpc) is 3.52. The van der Waals surface area contributed by atoms with Gasteiger partial charge >= 0.3 is 0 Å². The van der Waals surface area contributed by atoms with Crippen LogP contribution in [-0.4, -0.2) is 18.6 Å². The van der Waals surface area contributed by atoms with Crippen molar-refractivity contribution in [2.45, 2.75) is 39.2 Å². The van der Waals surface area contributed by atoms with Gasteiger partial charge in [-0.05, 0) is 61.6 Å². The summed E-state index contributed by atoms with van der Waals surface area (Å²) in [7, 11) is 1.66.